The van der Waals surface area contributed by atoms with Crippen molar-refractivity contribution in [1.29, 1.82) is 0 Å². The number of oxazole rings is 1. The molecular formula is C16H20N2O. The minimum Gasteiger partial charge on any atom is -0.444 e. The maximum Gasteiger partial charge on any atom is 0.208 e. The molecule has 0 saturated heterocycles. The number of benzene rings is 1. The lowest BCUT2D eigenvalue weighted by Gasteiger charge is -2.26. The van der Waals surface area contributed by atoms with Gasteiger partial charge in [-0.25, -0.2) is 4.98 Å². The Bertz CT molecular complexity index is 554. The highest BCUT2D eigenvalue weighted by Gasteiger charge is 2.19. The van der Waals surface area contributed by atoms with Gasteiger partial charge < -0.3 is 9.73 Å². The van der Waals surface area contributed by atoms with Crippen LogP contribution < -0.4 is 5.32 Å². The zero-order chi connectivity index (χ0) is 13.2. The fourth-order valence-electron chi connectivity index (χ4n) is 2.79. The highest BCUT2D eigenvalue weighted by Crippen LogP contribution is 2.29. The molecule has 3 nitrogen and oxygen atoms in total. The number of nitrogens with zero attached hydrogens (tertiary/aromatic N) is 1. The van der Waals surface area contributed by atoms with Gasteiger partial charge in [-0.2, -0.15) is 0 Å². The van der Waals surface area contributed by atoms with E-state index in [0.29, 0.717) is 12.6 Å². The summed E-state index contributed by atoms with van der Waals surface area (Å²) in [6, 6.07) is 9.15. The number of fused-ring (bicyclic) bond motifs is 1. The molecule has 19 heavy (non-hydrogen) atoms. The zero-order valence-corrected chi connectivity index (χ0v) is 11.6. The molecule has 3 heteroatoms. The Kier molecular flexibility index (Phi) is 3.38. The van der Waals surface area contributed by atoms with Crippen molar-refractivity contribution >= 4 is 0 Å². The molecule has 2 aromatic rings. The zero-order valence-electron chi connectivity index (χ0n) is 11.6. The second-order valence-electron chi connectivity index (χ2n) is 5.27. The molecule has 0 saturated carbocycles. The average Bonchev–Trinajstić information content (AvgIpc) is 2.75. The number of aromatic nitrogens is 1. The van der Waals surface area contributed by atoms with Gasteiger partial charge in [0.15, 0.2) is 0 Å². The van der Waals surface area contributed by atoms with Crippen LogP contribution in [-0.2, 0) is 13.0 Å². The maximum atomic E-state index is 5.62. The topological polar surface area (TPSA) is 38.1 Å². The first-order chi connectivity index (χ1) is 9.24. The summed E-state index contributed by atoms with van der Waals surface area (Å²) >= 11 is 0. The van der Waals surface area contributed by atoms with Gasteiger partial charge in [0.1, 0.15) is 5.76 Å². The third-order valence-corrected chi connectivity index (χ3v) is 3.94. The SMILES string of the molecule is Cc1nc(CNC2CCCc3ccccc32)oc1C. The van der Waals surface area contributed by atoms with E-state index in [2.05, 4.69) is 34.6 Å². The van der Waals surface area contributed by atoms with Crippen LogP contribution in [0.2, 0.25) is 0 Å². The Morgan fingerprint density at radius 2 is 2.16 bits per heavy atom. The van der Waals surface area contributed by atoms with Gasteiger partial charge in [-0.1, -0.05) is 24.3 Å². The Labute approximate surface area is 114 Å². The van der Waals surface area contributed by atoms with Crippen molar-refractivity contribution in [2.24, 2.45) is 0 Å². The van der Waals surface area contributed by atoms with Crippen LogP contribution in [0.15, 0.2) is 28.7 Å². The molecule has 0 amide bonds. The molecule has 1 heterocycles. The van der Waals surface area contributed by atoms with Gasteiger partial charge in [0.05, 0.1) is 12.2 Å². The van der Waals surface area contributed by atoms with Crippen molar-refractivity contribution in [3.8, 4) is 0 Å². The van der Waals surface area contributed by atoms with E-state index >= 15 is 0 Å². The van der Waals surface area contributed by atoms with Crippen molar-refractivity contribution < 1.29 is 4.42 Å². The molecule has 0 spiro atoms. The fourth-order valence-corrected chi connectivity index (χ4v) is 2.79. The summed E-state index contributed by atoms with van der Waals surface area (Å²) in [5, 5.41) is 3.58. The van der Waals surface area contributed by atoms with E-state index in [9.17, 15) is 0 Å². The molecule has 1 aromatic heterocycles. The van der Waals surface area contributed by atoms with Gasteiger partial charge in [-0.05, 0) is 44.2 Å². The summed E-state index contributed by atoms with van der Waals surface area (Å²) in [5.74, 6) is 1.71. The predicted molar refractivity (Wildman–Crippen MR) is 74.9 cm³/mol. The molecule has 0 aliphatic heterocycles. The molecule has 1 N–H and O–H groups in total. The fraction of sp³-hybridized carbons (Fsp3) is 0.438. The van der Waals surface area contributed by atoms with E-state index in [1.807, 2.05) is 13.8 Å². The molecule has 3 rings (SSSR count). The van der Waals surface area contributed by atoms with Crippen molar-refractivity contribution in [3.63, 3.8) is 0 Å². The second kappa shape index (κ2) is 5.17. The van der Waals surface area contributed by atoms with E-state index in [4.69, 9.17) is 4.42 Å². The van der Waals surface area contributed by atoms with Crippen LogP contribution in [0.5, 0.6) is 0 Å². The molecule has 100 valence electrons. The lowest BCUT2D eigenvalue weighted by molar-refractivity contribution is 0.401. The standard InChI is InChI=1S/C16H20N2O/c1-11-12(2)19-16(18-11)10-17-15-9-5-7-13-6-3-4-8-14(13)15/h3-4,6,8,15,17H,5,7,9-10H2,1-2H3. The predicted octanol–water partition coefficient (Wildman–Crippen LogP) is 3.46. The normalized spacial score (nSPS) is 18.3. The van der Waals surface area contributed by atoms with Crippen LogP contribution in [0.25, 0.3) is 0 Å². The Hall–Kier alpha value is -1.61. The van der Waals surface area contributed by atoms with Crippen LogP contribution in [-0.4, -0.2) is 4.98 Å². The van der Waals surface area contributed by atoms with Crippen LogP contribution >= 0.6 is 0 Å². The van der Waals surface area contributed by atoms with Gasteiger partial charge in [0.2, 0.25) is 5.89 Å². The van der Waals surface area contributed by atoms with Gasteiger partial charge >= 0.3 is 0 Å². The second-order valence-corrected chi connectivity index (χ2v) is 5.27. The molecule has 1 aromatic carbocycles. The Morgan fingerprint density at radius 3 is 2.95 bits per heavy atom. The molecule has 0 fully saturated rings. The molecule has 0 radical (unpaired) electrons. The van der Waals surface area contributed by atoms with Crippen LogP contribution in [0, 0.1) is 13.8 Å². The van der Waals surface area contributed by atoms with Crippen LogP contribution in [0.4, 0.5) is 0 Å². The third kappa shape index (κ3) is 2.56. The third-order valence-electron chi connectivity index (χ3n) is 3.94. The van der Waals surface area contributed by atoms with Crippen LogP contribution in [0.1, 0.15) is 47.4 Å². The Balaban J connectivity index is 1.71. The van der Waals surface area contributed by atoms with Gasteiger partial charge in [0, 0.05) is 6.04 Å². The molecule has 1 unspecified atom stereocenters. The van der Waals surface area contributed by atoms with E-state index in [-0.39, 0.29) is 0 Å². The molecule has 1 aliphatic carbocycles. The largest absolute Gasteiger partial charge is 0.444 e. The minimum absolute atomic E-state index is 0.428. The number of hydrogen-bond donors (Lipinski definition) is 1. The average molecular weight is 256 g/mol. The van der Waals surface area contributed by atoms with E-state index in [1.54, 1.807) is 0 Å². The highest BCUT2D eigenvalue weighted by molar-refractivity contribution is 5.32. The lowest BCUT2D eigenvalue weighted by atomic mass is 9.88. The van der Waals surface area contributed by atoms with Crippen molar-refractivity contribution in [2.75, 3.05) is 0 Å². The first-order valence-electron chi connectivity index (χ1n) is 6.98. The van der Waals surface area contributed by atoms with Crippen molar-refractivity contribution in [2.45, 2.75) is 45.7 Å². The van der Waals surface area contributed by atoms with E-state index in [1.165, 1.54) is 30.4 Å². The smallest absolute Gasteiger partial charge is 0.208 e. The molecule has 1 aliphatic rings. The minimum atomic E-state index is 0.428. The lowest BCUT2D eigenvalue weighted by Crippen LogP contribution is -2.24. The summed E-state index contributed by atoms with van der Waals surface area (Å²) in [6.45, 7) is 4.65. The van der Waals surface area contributed by atoms with Crippen molar-refractivity contribution in [1.82, 2.24) is 10.3 Å². The van der Waals surface area contributed by atoms with Gasteiger partial charge in [0.25, 0.3) is 0 Å². The number of rotatable bonds is 3. The highest BCUT2D eigenvalue weighted by atomic mass is 16.4. The molecule has 1 atom stereocenters. The summed E-state index contributed by atoms with van der Waals surface area (Å²) < 4.78 is 5.62. The summed E-state index contributed by atoms with van der Waals surface area (Å²) in [6.07, 6.45) is 3.64. The van der Waals surface area contributed by atoms with Gasteiger partial charge in [-0.3, -0.25) is 0 Å². The summed E-state index contributed by atoms with van der Waals surface area (Å²) in [4.78, 5) is 4.42. The quantitative estimate of drug-likeness (QED) is 0.914. The van der Waals surface area contributed by atoms with Crippen LogP contribution in [0.3, 0.4) is 0 Å². The number of hydrogen-bond acceptors (Lipinski definition) is 3. The van der Waals surface area contributed by atoms with E-state index < -0.39 is 0 Å². The Morgan fingerprint density at radius 1 is 1.32 bits per heavy atom. The molecule has 0 bridgehead atoms. The summed E-state index contributed by atoms with van der Waals surface area (Å²) in [5.41, 5.74) is 3.90. The number of aryl methyl sites for hydroxylation is 3. The maximum absolute atomic E-state index is 5.62. The van der Waals surface area contributed by atoms with Gasteiger partial charge in [-0.15, -0.1) is 0 Å². The van der Waals surface area contributed by atoms with Crippen molar-refractivity contribution in [3.05, 3.63) is 52.7 Å². The monoisotopic (exact) mass is 256 g/mol. The molecular weight excluding hydrogens is 236 g/mol. The van der Waals surface area contributed by atoms with E-state index in [0.717, 1.165) is 17.3 Å². The summed E-state index contributed by atoms with van der Waals surface area (Å²) in [7, 11) is 0. The first-order valence-corrected chi connectivity index (χ1v) is 6.98. The number of nitrogens with one attached hydrogen (secondary N) is 1. The first kappa shape index (κ1) is 12.4.